The highest BCUT2D eigenvalue weighted by molar-refractivity contribution is 14.0. The van der Waals surface area contributed by atoms with Gasteiger partial charge in [0.05, 0.1) is 0 Å². The first-order valence-electron chi connectivity index (χ1n) is 7.34. The van der Waals surface area contributed by atoms with Crippen LogP contribution >= 0.6 is 24.0 Å². The molecule has 0 aromatic heterocycles. The molecule has 0 saturated heterocycles. The van der Waals surface area contributed by atoms with E-state index in [1.54, 1.807) is 19.0 Å². The minimum Gasteiger partial charge on any atom is -0.356 e. The van der Waals surface area contributed by atoms with E-state index in [1.165, 1.54) is 19.3 Å². The van der Waals surface area contributed by atoms with Crippen molar-refractivity contribution < 1.29 is 4.79 Å². The summed E-state index contributed by atoms with van der Waals surface area (Å²) in [6.45, 7) is 6.29. The SMILES string of the molecule is CCCCCCNC(=NCC(=O)N(C)C)NCCC.I. The van der Waals surface area contributed by atoms with Gasteiger partial charge in [0, 0.05) is 27.2 Å². The van der Waals surface area contributed by atoms with E-state index in [-0.39, 0.29) is 36.4 Å². The van der Waals surface area contributed by atoms with Gasteiger partial charge in [-0.3, -0.25) is 4.79 Å². The number of carbonyl (C=O) groups excluding carboxylic acids is 1. The van der Waals surface area contributed by atoms with E-state index in [0.29, 0.717) is 0 Å². The quantitative estimate of drug-likeness (QED) is 0.271. The third kappa shape index (κ3) is 12.5. The number of rotatable bonds is 9. The number of hydrogen-bond acceptors (Lipinski definition) is 2. The Morgan fingerprint density at radius 1 is 1.00 bits per heavy atom. The van der Waals surface area contributed by atoms with E-state index >= 15 is 0 Å². The van der Waals surface area contributed by atoms with Gasteiger partial charge in [-0.2, -0.15) is 0 Å². The Morgan fingerprint density at radius 2 is 1.65 bits per heavy atom. The van der Waals surface area contributed by atoms with Gasteiger partial charge in [0.1, 0.15) is 6.54 Å². The Morgan fingerprint density at radius 3 is 2.20 bits per heavy atom. The van der Waals surface area contributed by atoms with E-state index in [9.17, 15) is 4.79 Å². The molecule has 0 atom stereocenters. The van der Waals surface area contributed by atoms with Crippen molar-refractivity contribution in [2.75, 3.05) is 33.7 Å². The number of hydrogen-bond donors (Lipinski definition) is 2. The van der Waals surface area contributed by atoms with Crippen LogP contribution in [-0.2, 0) is 4.79 Å². The molecule has 0 heterocycles. The lowest BCUT2D eigenvalue weighted by atomic mass is 10.2. The topological polar surface area (TPSA) is 56.7 Å². The highest BCUT2D eigenvalue weighted by Crippen LogP contribution is 1.96. The molecule has 0 spiro atoms. The van der Waals surface area contributed by atoms with E-state index in [4.69, 9.17) is 0 Å². The third-order valence-corrected chi connectivity index (χ3v) is 2.74. The maximum absolute atomic E-state index is 11.5. The Kier molecular flexibility index (Phi) is 16.2. The number of guanidine groups is 1. The van der Waals surface area contributed by atoms with Crippen LogP contribution < -0.4 is 10.6 Å². The predicted molar refractivity (Wildman–Crippen MR) is 96.8 cm³/mol. The Balaban J connectivity index is 0. The zero-order valence-electron chi connectivity index (χ0n) is 13.4. The van der Waals surface area contributed by atoms with Crippen LogP contribution in [0, 0.1) is 0 Å². The maximum Gasteiger partial charge on any atom is 0.243 e. The smallest absolute Gasteiger partial charge is 0.243 e. The average Bonchev–Trinajstić information content (AvgIpc) is 2.40. The number of aliphatic imine (C=N–C) groups is 1. The van der Waals surface area contributed by atoms with Gasteiger partial charge >= 0.3 is 0 Å². The minimum absolute atomic E-state index is 0. The van der Waals surface area contributed by atoms with E-state index < -0.39 is 0 Å². The fourth-order valence-electron chi connectivity index (χ4n) is 1.46. The molecular weight excluding hydrogens is 367 g/mol. The van der Waals surface area contributed by atoms with Gasteiger partial charge in [-0.25, -0.2) is 4.99 Å². The monoisotopic (exact) mass is 398 g/mol. The van der Waals surface area contributed by atoms with Crippen LogP contribution in [0.3, 0.4) is 0 Å². The molecule has 6 heteroatoms. The van der Waals surface area contributed by atoms with E-state index in [1.807, 2.05) is 0 Å². The van der Waals surface area contributed by atoms with Gasteiger partial charge in [-0.05, 0) is 12.8 Å². The lowest BCUT2D eigenvalue weighted by Gasteiger charge is -2.13. The summed E-state index contributed by atoms with van der Waals surface area (Å²) in [6.07, 6.45) is 5.93. The summed E-state index contributed by atoms with van der Waals surface area (Å²) >= 11 is 0. The van der Waals surface area contributed by atoms with Crippen molar-refractivity contribution in [2.45, 2.75) is 46.0 Å². The fraction of sp³-hybridized carbons (Fsp3) is 0.857. The number of amides is 1. The average molecular weight is 398 g/mol. The summed E-state index contributed by atoms with van der Waals surface area (Å²) in [7, 11) is 3.49. The number of nitrogens with one attached hydrogen (secondary N) is 2. The largest absolute Gasteiger partial charge is 0.356 e. The molecule has 0 aliphatic rings. The van der Waals surface area contributed by atoms with Gasteiger partial charge in [0.2, 0.25) is 5.91 Å². The number of carbonyl (C=O) groups is 1. The molecule has 20 heavy (non-hydrogen) atoms. The van der Waals surface area contributed by atoms with Crippen LogP contribution in [0.5, 0.6) is 0 Å². The Hall–Kier alpha value is -0.530. The van der Waals surface area contributed by atoms with Gasteiger partial charge in [0.15, 0.2) is 5.96 Å². The van der Waals surface area contributed by atoms with Crippen molar-refractivity contribution in [3.63, 3.8) is 0 Å². The van der Waals surface area contributed by atoms with Crippen LogP contribution in [0.2, 0.25) is 0 Å². The molecule has 0 aliphatic carbocycles. The molecule has 2 N–H and O–H groups in total. The third-order valence-electron chi connectivity index (χ3n) is 2.74. The molecule has 0 saturated carbocycles. The number of nitrogens with zero attached hydrogens (tertiary/aromatic N) is 2. The highest BCUT2D eigenvalue weighted by Gasteiger charge is 2.03. The first-order valence-corrected chi connectivity index (χ1v) is 7.34. The molecule has 0 aromatic rings. The number of unbranched alkanes of at least 4 members (excludes halogenated alkanes) is 3. The van der Waals surface area contributed by atoms with Crippen molar-refractivity contribution in [1.29, 1.82) is 0 Å². The van der Waals surface area contributed by atoms with Crippen molar-refractivity contribution >= 4 is 35.8 Å². The van der Waals surface area contributed by atoms with Gasteiger partial charge in [-0.15, -0.1) is 24.0 Å². The number of likely N-dealkylation sites (N-methyl/N-ethyl adjacent to an activating group) is 1. The second kappa shape index (κ2) is 14.9. The van der Waals surface area contributed by atoms with Crippen molar-refractivity contribution in [3.8, 4) is 0 Å². The summed E-state index contributed by atoms with van der Waals surface area (Å²) in [4.78, 5) is 17.4. The molecule has 0 fully saturated rings. The Bertz CT molecular complexity index is 270. The van der Waals surface area contributed by atoms with E-state index in [2.05, 4.69) is 29.5 Å². The molecule has 120 valence electrons. The summed E-state index contributed by atoms with van der Waals surface area (Å²) in [5.41, 5.74) is 0. The summed E-state index contributed by atoms with van der Waals surface area (Å²) < 4.78 is 0. The molecule has 0 unspecified atom stereocenters. The highest BCUT2D eigenvalue weighted by atomic mass is 127. The van der Waals surface area contributed by atoms with Crippen molar-refractivity contribution in [2.24, 2.45) is 4.99 Å². The first kappa shape index (κ1) is 21.8. The summed E-state index contributed by atoms with van der Waals surface area (Å²) in [5, 5.41) is 6.50. The molecule has 0 rings (SSSR count). The van der Waals surface area contributed by atoms with Crippen molar-refractivity contribution in [1.82, 2.24) is 15.5 Å². The zero-order valence-corrected chi connectivity index (χ0v) is 15.7. The van der Waals surface area contributed by atoms with Gasteiger partial charge < -0.3 is 15.5 Å². The maximum atomic E-state index is 11.5. The van der Waals surface area contributed by atoms with Gasteiger partial charge in [-0.1, -0.05) is 33.1 Å². The second-order valence-electron chi connectivity index (χ2n) is 4.87. The molecule has 5 nitrogen and oxygen atoms in total. The molecule has 0 aliphatic heterocycles. The van der Waals surface area contributed by atoms with Crippen LogP contribution in [0.4, 0.5) is 0 Å². The lowest BCUT2D eigenvalue weighted by molar-refractivity contribution is -0.127. The first-order chi connectivity index (χ1) is 9.11. The normalized spacial score (nSPS) is 10.7. The molecular formula is C14H31IN4O. The van der Waals surface area contributed by atoms with Crippen LogP contribution in [0.25, 0.3) is 0 Å². The summed E-state index contributed by atoms with van der Waals surface area (Å²) in [6, 6.07) is 0. The zero-order chi connectivity index (χ0) is 14.5. The lowest BCUT2D eigenvalue weighted by Crippen LogP contribution is -2.39. The van der Waals surface area contributed by atoms with Crippen molar-refractivity contribution in [3.05, 3.63) is 0 Å². The molecule has 0 bridgehead atoms. The van der Waals surface area contributed by atoms with Crippen LogP contribution in [0.1, 0.15) is 46.0 Å². The molecule has 1 amide bonds. The summed E-state index contributed by atoms with van der Waals surface area (Å²) in [5.74, 6) is 0.761. The Labute approximate surface area is 141 Å². The number of halogens is 1. The molecule has 0 aromatic carbocycles. The second-order valence-corrected chi connectivity index (χ2v) is 4.87. The van der Waals surface area contributed by atoms with Crippen LogP contribution in [-0.4, -0.2) is 50.5 Å². The molecule has 0 radical (unpaired) electrons. The predicted octanol–water partition coefficient (Wildman–Crippen LogP) is 2.22. The van der Waals surface area contributed by atoms with E-state index in [0.717, 1.165) is 31.9 Å². The standard InChI is InChI=1S/C14H30N4O.HI/c1-5-7-8-9-11-16-14(15-10-6-2)17-12-13(19)18(3)4;/h5-12H2,1-4H3,(H2,15,16,17);1H. The van der Waals surface area contributed by atoms with Crippen LogP contribution in [0.15, 0.2) is 4.99 Å². The van der Waals surface area contributed by atoms with Gasteiger partial charge in [0.25, 0.3) is 0 Å². The fourth-order valence-corrected chi connectivity index (χ4v) is 1.46. The minimum atomic E-state index is 0.